The largest absolute Gasteiger partial charge is 0.489 e. The Morgan fingerprint density at radius 3 is 2.58 bits per heavy atom. The fourth-order valence-electron chi connectivity index (χ4n) is 2.74. The Morgan fingerprint density at radius 1 is 1.19 bits per heavy atom. The first kappa shape index (κ1) is 17.5. The first-order valence-corrected chi connectivity index (χ1v) is 8.29. The zero-order valence-corrected chi connectivity index (χ0v) is 14.9. The molecule has 134 valence electrons. The highest BCUT2D eigenvalue weighted by molar-refractivity contribution is 6.07. The van der Waals surface area contributed by atoms with E-state index in [1.165, 1.54) is 6.08 Å². The van der Waals surface area contributed by atoms with Crippen molar-refractivity contribution < 1.29 is 14.3 Å². The molecule has 0 atom stereocenters. The molecule has 2 amide bonds. The van der Waals surface area contributed by atoms with E-state index >= 15 is 0 Å². The summed E-state index contributed by atoms with van der Waals surface area (Å²) in [5.74, 6) is 0.308. The van der Waals surface area contributed by atoms with Crippen LogP contribution in [0.1, 0.15) is 10.4 Å². The molecule has 26 heavy (non-hydrogen) atoms. The van der Waals surface area contributed by atoms with Crippen LogP contribution in [0.2, 0.25) is 0 Å². The molecule has 0 fully saturated rings. The average molecular weight is 351 g/mol. The van der Waals surface area contributed by atoms with Crippen LogP contribution in [0.25, 0.3) is 0 Å². The van der Waals surface area contributed by atoms with Gasteiger partial charge in [0.2, 0.25) is 5.91 Å². The molecule has 6 heteroatoms. The van der Waals surface area contributed by atoms with Crippen molar-refractivity contribution in [3.63, 3.8) is 0 Å². The van der Waals surface area contributed by atoms with Crippen LogP contribution in [0.4, 0.5) is 17.1 Å². The van der Waals surface area contributed by atoms with Gasteiger partial charge in [-0.2, -0.15) is 0 Å². The van der Waals surface area contributed by atoms with E-state index in [2.05, 4.69) is 11.9 Å². The lowest BCUT2D eigenvalue weighted by Crippen LogP contribution is -2.38. The molecule has 0 unspecified atom stereocenters. The molecular formula is C20H21N3O3. The van der Waals surface area contributed by atoms with E-state index in [1.807, 2.05) is 37.2 Å². The quantitative estimate of drug-likeness (QED) is 0.861. The third-order valence-corrected chi connectivity index (χ3v) is 4.15. The van der Waals surface area contributed by atoms with Crippen molar-refractivity contribution in [3.8, 4) is 5.75 Å². The number of benzene rings is 2. The van der Waals surface area contributed by atoms with Gasteiger partial charge in [0.15, 0.2) is 0 Å². The number of carbonyl (C=O) groups excluding carboxylic acids is 2. The summed E-state index contributed by atoms with van der Waals surface area (Å²) >= 11 is 0. The highest BCUT2D eigenvalue weighted by Crippen LogP contribution is 2.35. The highest BCUT2D eigenvalue weighted by Gasteiger charge is 2.25. The van der Waals surface area contributed by atoms with Crippen molar-refractivity contribution in [1.82, 2.24) is 0 Å². The van der Waals surface area contributed by atoms with Gasteiger partial charge >= 0.3 is 0 Å². The van der Waals surface area contributed by atoms with Crippen molar-refractivity contribution >= 4 is 28.9 Å². The molecular weight excluding hydrogens is 330 g/mol. The molecule has 0 saturated heterocycles. The third-order valence-electron chi connectivity index (χ3n) is 4.15. The maximum absolute atomic E-state index is 12.9. The Kier molecular flexibility index (Phi) is 4.93. The number of rotatable bonds is 4. The predicted molar refractivity (Wildman–Crippen MR) is 103 cm³/mol. The van der Waals surface area contributed by atoms with Crippen molar-refractivity contribution in [3.05, 3.63) is 60.7 Å². The molecule has 1 N–H and O–H groups in total. The van der Waals surface area contributed by atoms with E-state index in [9.17, 15) is 9.59 Å². The Bertz CT molecular complexity index is 844. The number of fused-ring (bicyclic) bond motifs is 1. The number of ether oxygens (including phenoxy) is 1. The van der Waals surface area contributed by atoms with Gasteiger partial charge in [-0.05, 0) is 42.5 Å². The Balaban J connectivity index is 1.83. The molecule has 0 bridgehead atoms. The summed E-state index contributed by atoms with van der Waals surface area (Å²) in [6.07, 6.45) is 1.20. The van der Waals surface area contributed by atoms with Crippen LogP contribution in [0.15, 0.2) is 55.1 Å². The lowest BCUT2D eigenvalue weighted by molar-refractivity contribution is -0.111. The molecule has 0 saturated carbocycles. The minimum Gasteiger partial charge on any atom is -0.489 e. The van der Waals surface area contributed by atoms with Gasteiger partial charge in [-0.1, -0.05) is 6.58 Å². The fourth-order valence-corrected chi connectivity index (χ4v) is 2.74. The Labute approximate surface area is 152 Å². The number of anilines is 3. The van der Waals surface area contributed by atoms with Crippen molar-refractivity contribution in [1.29, 1.82) is 0 Å². The standard InChI is InChI=1S/C20H21N3O3/c1-4-19(24)21-15-7-5-14(6-8-15)20(25)23-11-12-26-18-13-16(22(2)3)9-10-17(18)23/h4-10,13H,1,11-12H2,2-3H3,(H,21,24). The topological polar surface area (TPSA) is 61.9 Å². The molecule has 1 aliphatic rings. The zero-order chi connectivity index (χ0) is 18.7. The van der Waals surface area contributed by atoms with Crippen LogP contribution in [-0.4, -0.2) is 39.1 Å². The Morgan fingerprint density at radius 2 is 1.92 bits per heavy atom. The van der Waals surface area contributed by atoms with Crippen molar-refractivity contribution in [2.24, 2.45) is 0 Å². The molecule has 1 aliphatic heterocycles. The summed E-state index contributed by atoms with van der Waals surface area (Å²) in [5.41, 5.74) is 2.94. The van der Waals surface area contributed by atoms with E-state index in [0.717, 1.165) is 11.4 Å². The summed E-state index contributed by atoms with van der Waals surface area (Å²) < 4.78 is 5.73. The van der Waals surface area contributed by atoms with Crippen molar-refractivity contribution in [2.75, 3.05) is 42.4 Å². The SMILES string of the molecule is C=CC(=O)Nc1ccc(C(=O)N2CCOc3cc(N(C)C)ccc32)cc1. The molecule has 2 aromatic carbocycles. The van der Waals surface area contributed by atoms with Crippen LogP contribution in [0.3, 0.4) is 0 Å². The number of hydrogen-bond acceptors (Lipinski definition) is 4. The van der Waals surface area contributed by atoms with Gasteiger partial charge in [-0.25, -0.2) is 0 Å². The monoisotopic (exact) mass is 351 g/mol. The number of carbonyl (C=O) groups is 2. The highest BCUT2D eigenvalue weighted by atomic mass is 16.5. The summed E-state index contributed by atoms with van der Waals surface area (Å²) in [6, 6.07) is 12.6. The maximum Gasteiger partial charge on any atom is 0.258 e. The summed E-state index contributed by atoms with van der Waals surface area (Å²) in [7, 11) is 3.92. The molecule has 6 nitrogen and oxygen atoms in total. The zero-order valence-electron chi connectivity index (χ0n) is 14.9. The van der Waals surface area contributed by atoms with Crippen LogP contribution in [0.5, 0.6) is 5.75 Å². The number of amides is 2. The fraction of sp³-hybridized carbons (Fsp3) is 0.200. The molecule has 0 spiro atoms. The van der Waals surface area contributed by atoms with E-state index in [-0.39, 0.29) is 11.8 Å². The van der Waals surface area contributed by atoms with Crippen molar-refractivity contribution in [2.45, 2.75) is 0 Å². The lowest BCUT2D eigenvalue weighted by Gasteiger charge is -2.30. The Hall–Kier alpha value is -3.28. The lowest BCUT2D eigenvalue weighted by atomic mass is 10.1. The summed E-state index contributed by atoms with van der Waals surface area (Å²) in [6.45, 7) is 4.35. The summed E-state index contributed by atoms with van der Waals surface area (Å²) in [5, 5.41) is 2.66. The average Bonchev–Trinajstić information content (AvgIpc) is 2.67. The summed E-state index contributed by atoms with van der Waals surface area (Å²) in [4.78, 5) is 28.0. The number of nitrogens with zero attached hydrogens (tertiary/aromatic N) is 2. The molecule has 3 rings (SSSR count). The van der Waals surface area contributed by atoms with Gasteiger partial charge in [-0.15, -0.1) is 0 Å². The minimum absolute atomic E-state index is 0.103. The molecule has 0 radical (unpaired) electrons. The number of hydrogen-bond donors (Lipinski definition) is 1. The van der Waals surface area contributed by atoms with Gasteiger partial charge in [0.05, 0.1) is 12.2 Å². The van der Waals surface area contributed by atoms with Gasteiger partial charge in [0.1, 0.15) is 12.4 Å². The van der Waals surface area contributed by atoms with E-state index < -0.39 is 0 Å². The van der Waals surface area contributed by atoms with Gasteiger partial charge in [0.25, 0.3) is 5.91 Å². The van der Waals surface area contributed by atoms with Crippen LogP contribution >= 0.6 is 0 Å². The number of nitrogens with one attached hydrogen (secondary N) is 1. The maximum atomic E-state index is 12.9. The third kappa shape index (κ3) is 3.54. The van der Waals surface area contributed by atoms with Crippen LogP contribution in [0, 0.1) is 0 Å². The van der Waals surface area contributed by atoms with E-state index in [1.54, 1.807) is 29.2 Å². The second-order valence-electron chi connectivity index (χ2n) is 6.12. The van der Waals surface area contributed by atoms with E-state index in [0.29, 0.717) is 30.2 Å². The van der Waals surface area contributed by atoms with Gasteiger partial charge in [-0.3, -0.25) is 9.59 Å². The molecule has 2 aromatic rings. The van der Waals surface area contributed by atoms with Gasteiger partial charge < -0.3 is 19.9 Å². The molecule has 0 aromatic heterocycles. The predicted octanol–water partition coefficient (Wildman–Crippen LogP) is 2.92. The van der Waals surface area contributed by atoms with E-state index in [4.69, 9.17) is 4.74 Å². The van der Waals surface area contributed by atoms with Crippen LogP contribution < -0.4 is 19.9 Å². The van der Waals surface area contributed by atoms with Crippen LogP contribution in [-0.2, 0) is 4.79 Å². The second kappa shape index (κ2) is 7.31. The molecule has 0 aliphatic carbocycles. The van der Waals surface area contributed by atoms with Gasteiger partial charge in [0, 0.05) is 37.1 Å². The first-order valence-electron chi connectivity index (χ1n) is 8.29. The normalized spacial score (nSPS) is 12.6. The smallest absolute Gasteiger partial charge is 0.258 e. The first-order chi connectivity index (χ1) is 12.5. The second-order valence-corrected chi connectivity index (χ2v) is 6.12. The minimum atomic E-state index is -0.289. The molecule has 1 heterocycles.